The molecule has 0 aliphatic heterocycles. The third kappa shape index (κ3) is 2.62. The summed E-state index contributed by atoms with van der Waals surface area (Å²) in [4.78, 5) is 11.3. The fraction of sp³-hybridized carbons (Fsp3) is 0.333. The molecule has 1 atom stereocenters. The number of anilines is 1. The minimum atomic E-state index is -0.568. The number of halogens is 2. The van der Waals surface area contributed by atoms with E-state index >= 15 is 0 Å². The molecule has 0 unspecified atom stereocenters. The van der Waals surface area contributed by atoms with Crippen molar-refractivity contribution in [2.45, 2.75) is 18.9 Å². The fourth-order valence-corrected chi connectivity index (χ4v) is 2.19. The number of nitrogens with zero attached hydrogens (tertiary/aromatic N) is 1. The SMILES string of the molecule is N#Cc1cc(F)c(N[C@@H](C(N)=O)C2CC2)cc1Br. The van der Waals surface area contributed by atoms with Crippen LogP contribution < -0.4 is 11.1 Å². The summed E-state index contributed by atoms with van der Waals surface area (Å²) in [5, 5.41) is 11.6. The summed E-state index contributed by atoms with van der Waals surface area (Å²) in [6.45, 7) is 0. The van der Waals surface area contributed by atoms with Crippen LogP contribution in [-0.2, 0) is 4.79 Å². The lowest BCUT2D eigenvalue weighted by Crippen LogP contribution is -2.37. The van der Waals surface area contributed by atoms with Gasteiger partial charge in [0.2, 0.25) is 5.91 Å². The molecule has 1 aliphatic rings. The second-order valence-corrected chi connectivity index (χ2v) is 5.14. The third-order valence-corrected chi connectivity index (χ3v) is 3.54. The minimum Gasteiger partial charge on any atom is -0.371 e. The summed E-state index contributed by atoms with van der Waals surface area (Å²) in [7, 11) is 0. The molecule has 4 nitrogen and oxygen atoms in total. The molecule has 3 N–H and O–H groups in total. The smallest absolute Gasteiger partial charge is 0.240 e. The van der Waals surface area contributed by atoms with E-state index in [0.717, 1.165) is 18.9 Å². The van der Waals surface area contributed by atoms with E-state index in [0.29, 0.717) is 4.47 Å². The lowest BCUT2D eigenvalue weighted by Gasteiger charge is -2.17. The van der Waals surface area contributed by atoms with Crippen LogP contribution in [0.5, 0.6) is 0 Å². The molecule has 0 radical (unpaired) electrons. The predicted octanol–water partition coefficient (Wildman–Crippen LogP) is 2.14. The number of nitriles is 1. The quantitative estimate of drug-likeness (QED) is 0.894. The molecule has 1 saturated carbocycles. The Morgan fingerprint density at radius 2 is 2.28 bits per heavy atom. The summed E-state index contributed by atoms with van der Waals surface area (Å²) in [6.07, 6.45) is 1.83. The highest BCUT2D eigenvalue weighted by atomic mass is 79.9. The maximum Gasteiger partial charge on any atom is 0.240 e. The van der Waals surface area contributed by atoms with E-state index in [4.69, 9.17) is 11.0 Å². The van der Waals surface area contributed by atoms with E-state index in [1.807, 2.05) is 6.07 Å². The van der Waals surface area contributed by atoms with E-state index < -0.39 is 17.8 Å². The van der Waals surface area contributed by atoms with E-state index in [1.54, 1.807) is 0 Å². The molecule has 1 aromatic carbocycles. The average Bonchev–Trinajstić information content (AvgIpc) is 3.13. The summed E-state index contributed by atoms with van der Waals surface area (Å²) >= 11 is 3.18. The van der Waals surface area contributed by atoms with Gasteiger partial charge in [-0.15, -0.1) is 0 Å². The van der Waals surface area contributed by atoms with Crippen molar-refractivity contribution in [3.05, 3.63) is 28.0 Å². The van der Waals surface area contributed by atoms with Gasteiger partial charge in [-0.1, -0.05) is 0 Å². The Balaban J connectivity index is 2.26. The zero-order valence-corrected chi connectivity index (χ0v) is 11.0. The van der Waals surface area contributed by atoms with Crippen molar-refractivity contribution in [1.29, 1.82) is 5.26 Å². The first-order valence-corrected chi connectivity index (χ1v) is 6.27. The van der Waals surface area contributed by atoms with Crippen molar-refractivity contribution in [1.82, 2.24) is 0 Å². The molecule has 2 rings (SSSR count). The number of benzene rings is 1. The van der Waals surface area contributed by atoms with Crippen molar-refractivity contribution in [2.24, 2.45) is 11.7 Å². The molecule has 1 fully saturated rings. The summed E-state index contributed by atoms with van der Waals surface area (Å²) in [6, 6.07) is 3.89. The van der Waals surface area contributed by atoms with Crippen LogP contribution in [0.4, 0.5) is 10.1 Å². The molecule has 94 valence electrons. The number of carbonyl (C=O) groups is 1. The molecular weight excluding hydrogens is 301 g/mol. The van der Waals surface area contributed by atoms with Gasteiger partial charge < -0.3 is 11.1 Å². The van der Waals surface area contributed by atoms with Gasteiger partial charge in [0, 0.05) is 4.47 Å². The second-order valence-electron chi connectivity index (χ2n) is 4.29. The summed E-state index contributed by atoms with van der Waals surface area (Å²) in [5.41, 5.74) is 5.67. The number of primary amides is 1. The number of amides is 1. The molecule has 18 heavy (non-hydrogen) atoms. The van der Waals surface area contributed by atoms with E-state index in [-0.39, 0.29) is 17.2 Å². The first-order chi connectivity index (χ1) is 8.52. The number of nitrogens with one attached hydrogen (secondary N) is 1. The molecule has 0 heterocycles. The highest BCUT2D eigenvalue weighted by molar-refractivity contribution is 9.10. The summed E-state index contributed by atoms with van der Waals surface area (Å²) < 4.78 is 14.2. The van der Waals surface area contributed by atoms with Crippen LogP contribution in [0.3, 0.4) is 0 Å². The van der Waals surface area contributed by atoms with Crippen LogP contribution in [0.1, 0.15) is 18.4 Å². The number of rotatable bonds is 4. The maximum atomic E-state index is 13.7. The zero-order valence-electron chi connectivity index (χ0n) is 9.41. The largest absolute Gasteiger partial charge is 0.371 e. The Hall–Kier alpha value is -1.61. The van der Waals surface area contributed by atoms with Crippen LogP contribution in [0.15, 0.2) is 16.6 Å². The normalized spacial score (nSPS) is 15.8. The van der Waals surface area contributed by atoms with Crippen LogP contribution in [0.2, 0.25) is 0 Å². The Bertz CT molecular complexity index is 537. The van der Waals surface area contributed by atoms with Crippen LogP contribution in [-0.4, -0.2) is 11.9 Å². The highest BCUT2D eigenvalue weighted by Gasteiger charge is 2.35. The Morgan fingerprint density at radius 3 is 2.78 bits per heavy atom. The molecular formula is C12H11BrFN3O. The lowest BCUT2D eigenvalue weighted by atomic mass is 10.1. The van der Waals surface area contributed by atoms with Gasteiger partial charge >= 0.3 is 0 Å². The monoisotopic (exact) mass is 311 g/mol. The molecule has 1 aliphatic carbocycles. The van der Waals surface area contributed by atoms with Gasteiger partial charge in [-0.05, 0) is 46.8 Å². The Kier molecular flexibility index (Phi) is 3.53. The summed E-state index contributed by atoms with van der Waals surface area (Å²) in [5.74, 6) is -0.879. The van der Waals surface area contributed by atoms with Crippen molar-refractivity contribution in [3.8, 4) is 6.07 Å². The van der Waals surface area contributed by atoms with Gasteiger partial charge in [-0.25, -0.2) is 4.39 Å². The zero-order chi connectivity index (χ0) is 13.3. The van der Waals surface area contributed by atoms with Gasteiger partial charge in [-0.2, -0.15) is 5.26 Å². The van der Waals surface area contributed by atoms with Gasteiger partial charge in [0.25, 0.3) is 0 Å². The predicted molar refractivity (Wildman–Crippen MR) is 68.1 cm³/mol. The van der Waals surface area contributed by atoms with E-state index in [9.17, 15) is 9.18 Å². The van der Waals surface area contributed by atoms with Gasteiger partial charge in [0.05, 0.1) is 11.3 Å². The lowest BCUT2D eigenvalue weighted by molar-refractivity contribution is -0.119. The average molecular weight is 312 g/mol. The molecule has 6 heteroatoms. The minimum absolute atomic E-state index is 0.177. The van der Waals surface area contributed by atoms with Crippen LogP contribution >= 0.6 is 15.9 Å². The van der Waals surface area contributed by atoms with Gasteiger partial charge in [0.15, 0.2) is 0 Å². The van der Waals surface area contributed by atoms with Crippen LogP contribution in [0.25, 0.3) is 0 Å². The second kappa shape index (κ2) is 4.94. The third-order valence-electron chi connectivity index (χ3n) is 2.89. The number of hydrogen-bond donors (Lipinski definition) is 2. The first-order valence-electron chi connectivity index (χ1n) is 5.48. The van der Waals surface area contributed by atoms with Crippen molar-refractivity contribution in [3.63, 3.8) is 0 Å². The van der Waals surface area contributed by atoms with Gasteiger partial charge in [0.1, 0.15) is 17.9 Å². The molecule has 0 bridgehead atoms. The topological polar surface area (TPSA) is 78.9 Å². The molecule has 1 amide bonds. The maximum absolute atomic E-state index is 13.7. The van der Waals surface area contributed by atoms with E-state index in [2.05, 4.69) is 21.2 Å². The first kappa shape index (κ1) is 12.8. The molecule has 0 saturated heterocycles. The highest BCUT2D eigenvalue weighted by Crippen LogP contribution is 2.35. The molecule has 0 spiro atoms. The Labute approximate surface area is 112 Å². The fourth-order valence-electron chi connectivity index (χ4n) is 1.76. The van der Waals surface area contributed by atoms with Crippen molar-refractivity contribution >= 4 is 27.5 Å². The number of carbonyl (C=O) groups excluding carboxylic acids is 1. The standard InChI is InChI=1S/C12H11BrFN3O/c13-8-4-10(9(14)3-7(8)5-15)17-11(12(16)18)6-1-2-6/h3-4,6,11,17H,1-2H2,(H2,16,18)/t11-/m1/s1. The number of nitrogens with two attached hydrogens (primary N) is 1. The molecule has 0 aromatic heterocycles. The van der Waals surface area contributed by atoms with Crippen LogP contribution in [0, 0.1) is 23.1 Å². The number of hydrogen-bond acceptors (Lipinski definition) is 3. The van der Waals surface area contributed by atoms with Gasteiger partial charge in [-0.3, -0.25) is 4.79 Å². The van der Waals surface area contributed by atoms with Crippen molar-refractivity contribution < 1.29 is 9.18 Å². The Morgan fingerprint density at radius 1 is 1.61 bits per heavy atom. The molecule has 1 aromatic rings. The van der Waals surface area contributed by atoms with E-state index in [1.165, 1.54) is 6.07 Å². The van der Waals surface area contributed by atoms with Crippen molar-refractivity contribution in [2.75, 3.05) is 5.32 Å².